The van der Waals surface area contributed by atoms with Crippen LogP contribution >= 0.6 is 12.4 Å². The van der Waals surface area contributed by atoms with Gasteiger partial charge in [-0.15, -0.1) is 17.5 Å². The van der Waals surface area contributed by atoms with E-state index in [1.54, 1.807) is 44.2 Å². The summed E-state index contributed by atoms with van der Waals surface area (Å²) in [6.45, 7) is 2.76. The quantitative estimate of drug-likeness (QED) is 0.194. The molecule has 2 fully saturated rings. The number of nitrogens with two attached hydrogens (primary N) is 2. The Bertz CT molecular complexity index is 1350. The van der Waals surface area contributed by atoms with Gasteiger partial charge in [-0.3, -0.25) is 14.4 Å². The van der Waals surface area contributed by atoms with Crippen LogP contribution < -0.4 is 16.8 Å². The van der Waals surface area contributed by atoms with Crippen molar-refractivity contribution in [2.24, 2.45) is 11.5 Å². The van der Waals surface area contributed by atoms with E-state index in [9.17, 15) is 34.5 Å². The van der Waals surface area contributed by atoms with Gasteiger partial charge in [0.05, 0.1) is 23.5 Å². The van der Waals surface area contributed by atoms with E-state index in [2.05, 4.69) is 15.6 Å². The molecule has 2 heterocycles. The first kappa shape index (κ1) is 35.7. The Morgan fingerprint density at radius 3 is 2.38 bits per heavy atom. The Labute approximate surface area is 267 Å². The molecule has 1 aliphatic heterocycles. The van der Waals surface area contributed by atoms with E-state index in [1.165, 1.54) is 15.8 Å². The van der Waals surface area contributed by atoms with Crippen LogP contribution in [-0.4, -0.2) is 101 Å². The zero-order chi connectivity index (χ0) is 32.2. The van der Waals surface area contributed by atoms with Crippen LogP contribution in [0.25, 0.3) is 0 Å². The van der Waals surface area contributed by atoms with Gasteiger partial charge >= 0.3 is 6.09 Å². The molecule has 248 valence electrons. The van der Waals surface area contributed by atoms with Crippen LogP contribution in [0.15, 0.2) is 36.5 Å². The molecule has 16 heteroatoms. The third-order valence-corrected chi connectivity index (χ3v) is 8.54. The summed E-state index contributed by atoms with van der Waals surface area (Å²) in [6, 6.07) is 5.86. The van der Waals surface area contributed by atoms with Crippen molar-refractivity contribution in [3.05, 3.63) is 47.8 Å². The number of rotatable bonds is 11. The molecular weight excluding hydrogens is 608 g/mol. The second-order valence-corrected chi connectivity index (χ2v) is 12.3. The maximum atomic E-state index is 13.9. The topological polar surface area (TPSA) is 230 Å². The lowest BCUT2D eigenvalue weighted by molar-refractivity contribution is -0.143. The molecule has 0 radical (unpaired) electrons. The number of aliphatic hydroxyl groups excluding tert-OH is 1. The molecule has 1 saturated heterocycles. The number of aromatic nitrogens is 3. The number of aliphatic hydroxyl groups is 2. The van der Waals surface area contributed by atoms with E-state index in [-0.39, 0.29) is 38.5 Å². The number of halogens is 1. The van der Waals surface area contributed by atoms with Crippen LogP contribution in [0.1, 0.15) is 69.7 Å². The molecule has 1 aromatic carbocycles. The predicted octanol–water partition coefficient (Wildman–Crippen LogP) is 0.242. The van der Waals surface area contributed by atoms with E-state index in [1.807, 2.05) is 0 Å². The molecule has 0 spiro atoms. The number of amides is 4. The number of carboxylic acid groups (broad SMARTS) is 1. The fourth-order valence-corrected chi connectivity index (χ4v) is 6.23. The van der Waals surface area contributed by atoms with Gasteiger partial charge in [0.2, 0.25) is 17.7 Å². The van der Waals surface area contributed by atoms with Crippen molar-refractivity contribution in [2.45, 2.75) is 94.3 Å². The summed E-state index contributed by atoms with van der Waals surface area (Å²) in [6.07, 6.45) is 1.40. The Kier molecular flexibility index (Phi) is 11.5. The molecule has 8 N–H and O–H groups in total. The second-order valence-electron chi connectivity index (χ2n) is 12.3. The Balaban J connectivity index is 0.00000552. The number of likely N-dealkylation sites (tertiary alicyclic amines) is 1. The van der Waals surface area contributed by atoms with Gasteiger partial charge in [-0.05, 0) is 32.3 Å². The lowest BCUT2D eigenvalue weighted by atomic mass is 9.77. The van der Waals surface area contributed by atoms with Crippen LogP contribution in [0.5, 0.6) is 0 Å². The summed E-state index contributed by atoms with van der Waals surface area (Å²) >= 11 is 0. The molecule has 1 aromatic heterocycles. The van der Waals surface area contributed by atoms with Crippen LogP contribution in [0.4, 0.5) is 4.79 Å². The summed E-state index contributed by atoms with van der Waals surface area (Å²) in [5.41, 5.74) is 10.2. The second kappa shape index (κ2) is 14.5. The number of hydrogen-bond acceptors (Lipinski definition) is 9. The number of nitrogens with one attached hydrogen (secondary N) is 1. The normalized spacial score (nSPS) is 20.9. The highest BCUT2D eigenvalue weighted by atomic mass is 35.5. The van der Waals surface area contributed by atoms with Crippen molar-refractivity contribution in [3.8, 4) is 0 Å². The first-order valence-electron chi connectivity index (χ1n) is 14.7. The predicted molar refractivity (Wildman–Crippen MR) is 164 cm³/mol. The molecule has 1 aliphatic carbocycles. The van der Waals surface area contributed by atoms with Crippen molar-refractivity contribution in [1.82, 2.24) is 30.1 Å². The summed E-state index contributed by atoms with van der Waals surface area (Å²) in [7, 11) is 0. The molecule has 4 atom stereocenters. The number of nitrogens with zero attached hydrogens (tertiary/aromatic N) is 5. The van der Waals surface area contributed by atoms with Gasteiger partial charge in [-0.25, -0.2) is 9.48 Å². The summed E-state index contributed by atoms with van der Waals surface area (Å²) in [5.74, 6) is -2.24. The molecule has 4 amide bonds. The number of carbonyl (C=O) groups is 4. The molecule has 45 heavy (non-hydrogen) atoms. The van der Waals surface area contributed by atoms with Crippen molar-refractivity contribution >= 4 is 36.2 Å². The van der Waals surface area contributed by atoms with E-state index < -0.39 is 59.2 Å². The third-order valence-electron chi connectivity index (χ3n) is 8.54. The highest BCUT2D eigenvalue weighted by molar-refractivity contribution is 5.92. The number of primary amides is 1. The van der Waals surface area contributed by atoms with E-state index >= 15 is 0 Å². The lowest BCUT2D eigenvalue weighted by Gasteiger charge is -2.41. The molecule has 1 unspecified atom stereocenters. The molecule has 0 bridgehead atoms. The first-order valence-corrected chi connectivity index (χ1v) is 14.7. The smallest absolute Gasteiger partial charge is 0.407 e. The molecule has 15 nitrogen and oxygen atoms in total. The molecule has 1 saturated carbocycles. The van der Waals surface area contributed by atoms with Gasteiger partial charge in [0.25, 0.3) is 0 Å². The minimum absolute atomic E-state index is 0. The fourth-order valence-electron chi connectivity index (χ4n) is 6.23. The highest BCUT2D eigenvalue weighted by Gasteiger charge is 2.48. The number of carbonyl (C=O) groups excluding carboxylic acids is 3. The Morgan fingerprint density at radius 2 is 1.80 bits per heavy atom. The monoisotopic (exact) mass is 650 g/mol. The zero-order valence-electron chi connectivity index (χ0n) is 25.4. The van der Waals surface area contributed by atoms with Crippen LogP contribution in [-0.2, 0) is 26.5 Å². The average Bonchev–Trinajstić information content (AvgIpc) is 3.65. The van der Waals surface area contributed by atoms with Crippen molar-refractivity contribution < 1.29 is 34.5 Å². The molecule has 4 rings (SSSR count). The van der Waals surface area contributed by atoms with Gasteiger partial charge in [0.15, 0.2) is 6.10 Å². The summed E-state index contributed by atoms with van der Waals surface area (Å²) in [4.78, 5) is 54.2. The Hall–Kier alpha value is -3.79. The standard InChI is InChI=1S/C29H42N8O7.ClH/c1-28(2,44)22-14-32-34-37(22)19-13-21(25(40)33-29(23(38)24(31)39)11-7-4-8-12-29)36(16-19)26(41)20(30)17-35(27(42)43)15-18-9-5-3-6-10-18;/h3,5-6,9-10,14,19-21,23,38,44H,4,7-8,11-13,15-17,30H2,1-2H3,(H2,31,39)(H,33,40)(H,42,43);1H/t19-,20+,21-,23?;/m0./s1. The SMILES string of the molecule is CC(C)(O)c1cnnn1[C@H]1C[C@@H](C(=O)NC2(C(O)C(N)=O)CCCCC2)N(C(=O)[C@H](N)CN(Cc2ccccc2)C(=O)O)C1.Cl. The van der Waals surface area contributed by atoms with Gasteiger partial charge in [-0.1, -0.05) is 54.8 Å². The minimum Gasteiger partial charge on any atom is -0.465 e. The van der Waals surface area contributed by atoms with Crippen LogP contribution in [0.3, 0.4) is 0 Å². The van der Waals surface area contributed by atoms with E-state index in [0.29, 0.717) is 36.9 Å². The van der Waals surface area contributed by atoms with Crippen molar-refractivity contribution in [2.75, 3.05) is 13.1 Å². The zero-order valence-corrected chi connectivity index (χ0v) is 26.2. The maximum Gasteiger partial charge on any atom is 0.407 e. The number of benzene rings is 1. The molecular formula is C29H43ClN8O7. The average molecular weight is 651 g/mol. The summed E-state index contributed by atoms with van der Waals surface area (Å²) < 4.78 is 1.46. The largest absolute Gasteiger partial charge is 0.465 e. The van der Waals surface area contributed by atoms with Gasteiger partial charge in [0.1, 0.15) is 17.7 Å². The third kappa shape index (κ3) is 8.09. The molecule has 2 aliphatic rings. The highest BCUT2D eigenvalue weighted by Crippen LogP contribution is 2.35. The van der Waals surface area contributed by atoms with E-state index in [0.717, 1.165) is 11.3 Å². The molecule has 2 aromatic rings. The van der Waals surface area contributed by atoms with Gasteiger partial charge < -0.3 is 41.9 Å². The van der Waals surface area contributed by atoms with Gasteiger partial charge in [-0.2, -0.15) is 0 Å². The van der Waals surface area contributed by atoms with Crippen molar-refractivity contribution in [1.29, 1.82) is 0 Å². The maximum absolute atomic E-state index is 13.9. The first-order chi connectivity index (χ1) is 20.7. The number of hydrogen-bond donors (Lipinski definition) is 6. The minimum atomic E-state index is -1.63. The lowest BCUT2D eigenvalue weighted by Crippen LogP contribution is -2.64. The summed E-state index contributed by atoms with van der Waals surface area (Å²) in [5, 5.41) is 42.2. The van der Waals surface area contributed by atoms with Crippen LogP contribution in [0.2, 0.25) is 0 Å². The fraction of sp³-hybridized carbons (Fsp3) is 0.586. The Morgan fingerprint density at radius 1 is 1.16 bits per heavy atom. The van der Waals surface area contributed by atoms with E-state index in [4.69, 9.17) is 11.5 Å². The van der Waals surface area contributed by atoms with Crippen LogP contribution in [0, 0.1) is 0 Å². The van der Waals surface area contributed by atoms with Gasteiger partial charge in [0, 0.05) is 26.1 Å². The van der Waals surface area contributed by atoms with Crippen molar-refractivity contribution in [3.63, 3.8) is 0 Å².